The van der Waals surface area contributed by atoms with E-state index < -0.39 is 11.0 Å². The van der Waals surface area contributed by atoms with Crippen LogP contribution < -0.4 is 5.32 Å². The average molecular weight is 419 g/mol. The molecule has 0 aliphatic carbocycles. The molecule has 32 heavy (non-hydrogen) atoms. The van der Waals surface area contributed by atoms with Gasteiger partial charge in [-0.05, 0) is 30.8 Å². The Labute approximate surface area is 185 Å². The number of aromatic amines is 1. The van der Waals surface area contributed by atoms with E-state index in [1.54, 1.807) is 0 Å². The Morgan fingerprint density at radius 2 is 1.75 bits per heavy atom. The van der Waals surface area contributed by atoms with Gasteiger partial charge >= 0.3 is 0 Å². The van der Waals surface area contributed by atoms with Crippen LogP contribution in [0, 0.1) is 11.3 Å². The number of hydrogen-bond acceptors (Lipinski definition) is 4. The molecule has 6 heteroatoms. The number of rotatable bonds is 2. The number of likely N-dealkylation sites (N-methyl/N-ethyl adjacent to an activating group) is 1. The Kier molecular flexibility index (Phi) is 3.83. The molecule has 0 saturated carbocycles. The Bertz CT molecular complexity index is 1370. The maximum Gasteiger partial charge on any atom is 0.251 e. The summed E-state index contributed by atoms with van der Waals surface area (Å²) in [5.41, 5.74) is 1.71. The molecule has 0 unspecified atom stereocenters. The molecule has 1 aromatic heterocycles. The summed E-state index contributed by atoms with van der Waals surface area (Å²) in [4.78, 5) is 24.2. The van der Waals surface area contributed by atoms with Crippen molar-refractivity contribution in [2.24, 2.45) is 0 Å². The van der Waals surface area contributed by atoms with Crippen LogP contribution in [-0.2, 0) is 15.7 Å². The molecule has 3 atom stereocenters. The standard InChI is InChI=1S/C26H21N5O/c1-31-15-19(17-9-3-2-4-10-17)25(16-27,23-28-21-13-7-8-14-22(21)29-23)26(31)18-11-5-6-12-20(18)30-24(26)32/h2-14,19H,15H2,1H3,(H,28,29)(H,30,32)/t19-,25+,26+/m1/s1. The Morgan fingerprint density at radius 1 is 1.03 bits per heavy atom. The zero-order valence-corrected chi connectivity index (χ0v) is 17.5. The lowest BCUT2D eigenvalue weighted by molar-refractivity contribution is -0.127. The summed E-state index contributed by atoms with van der Waals surface area (Å²) in [6.07, 6.45) is 0. The molecule has 6 rings (SSSR count). The Morgan fingerprint density at radius 3 is 2.53 bits per heavy atom. The predicted molar refractivity (Wildman–Crippen MR) is 122 cm³/mol. The van der Waals surface area contributed by atoms with Crippen molar-refractivity contribution in [3.8, 4) is 6.07 Å². The Hall–Kier alpha value is -3.95. The van der Waals surface area contributed by atoms with E-state index in [9.17, 15) is 10.1 Å². The van der Waals surface area contributed by atoms with Crippen molar-refractivity contribution in [2.75, 3.05) is 18.9 Å². The first kappa shape index (κ1) is 18.8. The molecule has 2 N–H and O–H groups in total. The minimum absolute atomic E-state index is 0.193. The number of imidazole rings is 1. The van der Waals surface area contributed by atoms with Crippen LogP contribution in [0.25, 0.3) is 11.0 Å². The van der Waals surface area contributed by atoms with Crippen LogP contribution >= 0.6 is 0 Å². The molecule has 2 aliphatic heterocycles. The smallest absolute Gasteiger partial charge is 0.251 e. The van der Waals surface area contributed by atoms with Crippen molar-refractivity contribution in [1.82, 2.24) is 14.9 Å². The lowest BCUT2D eigenvalue weighted by atomic mass is 9.61. The van der Waals surface area contributed by atoms with E-state index >= 15 is 0 Å². The van der Waals surface area contributed by atoms with Crippen LogP contribution in [-0.4, -0.2) is 34.4 Å². The number of carbonyl (C=O) groups excluding carboxylic acids is 1. The molecule has 1 amide bonds. The maximum atomic E-state index is 13.9. The summed E-state index contributed by atoms with van der Waals surface area (Å²) in [6, 6.07) is 28.0. The van der Waals surface area contributed by atoms with Crippen molar-refractivity contribution in [1.29, 1.82) is 5.26 Å². The molecule has 0 radical (unpaired) electrons. The molecule has 3 heterocycles. The summed E-state index contributed by atoms with van der Waals surface area (Å²) in [5.74, 6) is 0.0593. The van der Waals surface area contributed by atoms with Gasteiger partial charge in [-0.3, -0.25) is 9.69 Å². The van der Waals surface area contributed by atoms with E-state index in [4.69, 9.17) is 4.98 Å². The lowest BCUT2D eigenvalue weighted by Crippen LogP contribution is -2.57. The second-order valence-corrected chi connectivity index (χ2v) is 8.58. The second kappa shape index (κ2) is 6.52. The third-order valence-corrected chi connectivity index (χ3v) is 7.16. The van der Waals surface area contributed by atoms with E-state index in [-0.39, 0.29) is 11.8 Å². The molecule has 156 valence electrons. The number of nitrogens with one attached hydrogen (secondary N) is 2. The van der Waals surface area contributed by atoms with E-state index in [0.717, 1.165) is 27.8 Å². The number of nitrogens with zero attached hydrogens (tertiary/aromatic N) is 3. The van der Waals surface area contributed by atoms with Crippen molar-refractivity contribution in [3.63, 3.8) is 0 Å². The third kappa shape index (κ3) is 2.11. The summed E-state index contributed by atoms with van der Waals surface area (Å²) in [7, 11) is 1.93. The highest BCUT2D eigenvalue weighted by molar-refractivity contribution is 6.08. The molecule has 3 aromatic carbocycles. The van der Waals surface area contributed by atoms with Crippen molar-refractivity contribution in [3.05, 3.63) is 95.8 Å². The number of carbonyl (C=O) groups is 1. The maximum absolute atomic E-state index is 13.9. The third-order valence-electron chi connectivity index (χ3n) is 7.16. The van der Waals surface area contributed by atoms with Gasteiger partial charge in [0, 0.05) is 23.7 Å². The van der Waals surface area contributed by atoms with E-state index in [2.05, 4.69) is 16.4 Å². The van der Waals surface area contributed by atoms with Crippen LogP contribution in [0.1, 0.15) is 22.9 Å². The molecule has 1 saturated heterocycles. The molecular formula is C26H21N5O. The van der Waals surface area contributed by atoms with E-state index in [0.29, 0.717) is 12.4 Å². The number of amides is 1. The molecule has 2 aliphatic rings. The number of anilines is 1. The Balaban J connectivity index is 1.73. The van der Waals surface area contributed by atoms with Gasteiger partial charge in [-0.25, -0.2) is 4.98 Å². The van der Waals surface area contributed by atoms with Crippen LogP contribution in [0.15, 0.2) is 78.9 Å². The highest BCUT2D eigenvalue weighted by Gasteiger charge is 2.73. The van der Waals surface area contributed by atoms with Gasteiger partial charge in [-0.2, -0.15) is 5.26 Å². The number of fused-ring (bicyclic) bond motifs is 3. The first-order valence-corrected chi connectivity index (χ1v) is 10.7. The first-order chi connectivity index (χ1) is 15.6. The largest absolute Gasteiger partial charge is 0.341 e. The number of para-hydroxylation sites is 3. The van der Waals surface area contributed by atoms with Crippen molar-refractivity contribution < 1.29 is 4.79 Å². The number of likely N-dealkylation sites (tertiary alicyclic amines) is 1. The second-order valence-electron chi connectivity index (χ2n) is 8.58. The van der Waals surface area contributed by atoms with Crippen molar-refractivity contribution >= 4 is 22.6 Å². The first-order valence-electron chi connectivity index (χ1n) is 10.7. The monoisotopic (exact) mass is 419 g/mol. The van der Waals surface area contributed by atoms with E-state index in [1.165, 1.54) is 0 Å². The summed E-state index contributed by atoms with van der Waals surface area (Å²) in [5, 5.41) is 14.0. The highest BCUT2D eigenvalue weighted by atomic mass is 16.2. The summed E-state index contributed by atoms with van der Waals surface area (Å²) >= 11 is 0. The molecule has 0 bridgehead atoms. The molecule has 4 aromatic rings. The van der Waals surface area contributed by atoms with Crippen LogP contribution in [0.2, 0.25) is 0 Å². The number of aromatic nitrogens is 2. The number of hydrogen-bond donors (Lipinski definition) is 2. The zero-order chi connectivity index (χ0) is 21.9. The van der Waals surface area contributed by atoms with Gasteiger partial charge in [0.05, 0.1) is 17.1 Å². The molecule has 1 fully saturated rings. The van der Waals surface area contributed by atoms with Gasteiger partial charge in [0.2, 0.25) is 0 Å². The summed E-state index contributed by atoms with van der Waals surface area (Å²) in [6.45, 7) is 0.538. The lowest BCUT2D eigenvalue weighted by Gasteiger charge is -2.41. The molecule has 1 spiro atoms. The fourth-order valence-electron chi connectivity index (χ4n) is 5.84. The molecular weight excluding hydrogens is 398 g/mol. The number of benzene rings is 3. The predicted octanol–water partition coefficient (Wildman–Crippen LogP) is 3.90. The van der Waals surface area contributed by atoms with Gasteiger partial charge in [0.15, 0.2) is 11.0 Å². The van der Waals surface area contributed by atoms with Gasteiger partial charge in [-0.1, -0.05) is 60.7 Å². The van der Waals surface area contributed by atoms with Gasteiger partial charge < -0.3 is 10.3 Å². The highest BCUT2D eigenvalue weighted by Crippen LogP contribution is 2.62. The minimum Gasteiger partial charge on any atom is -0.341 e. The van der Waals surface area contributed by atoms with Crippen molar-refractivity contribution in [2.45, 2.75) is 16.9 Å². The quantitative estimate of drug-likeness (QED) is 0.516. The zero-order valence-electron chi connectivity index (χ0n) is 17.5. The topological polar surface area (TPSA) is 84.8 Å². The number of H-pyrrole nitrogens is 1. The number of nitriles is 1. The minimum atomic E-state index is -1.27. The van der Waals surface area contributed by atoms with Crippen LogP contribution in [0.5, 0.6) is 0 Å². The van der Waals surface area contributed by atoms with Gasteiger partial charge in [-0.15, -0.1) is 0 Å². The van der Waals surface area contributed by atoms with E-state index in [1.807, 2.05) is 90.8 Å². The fourth-order valence-corrected chi connectivity index (χ4v) is 5.84. The van der Waals surface area contributed by atoms with Gasteiger partial charge in [0.1, 0.15) is 5.82 Å². The van der Waals surface area contributed by atoms with Crippen LogP contribution in [0.4, 0.5) is 5.69 Å². The fraction of sp³-hybridized carbons (Fsp3) is 0.192. The normalized spacial score (nSPS) is 26.9. The SMILES string of the molecule is CN1C[C@H](c2ccccc2)[C@@](C#N)(c2nc3ccccc3[nH]2)[C@]12C(=O)Nc1ccccc12. The van der Waals surface area contributed by atoms with Crippen LogP contribution in [0.3, 0.4) is 0 Å². The molecule has 6 nitrogen and oxygen atoms in total. The average Bonchev–Trinajstić information content (AvgIpc) is 3.47. The summed E-state index contributed by atoms with van der Waals surface area (Å²) < 4.78 is 0. The van der Waals surface area contributed by atoms with Gasteiger partial charge in [0.25, 0.3) is 5.91 Å².